The Kier molecular flexibility index (Phi) is 33.6. The zero-order chi connectivity index (χ0) is 34.0. The van der Waals surface area contributed by atoms with Gasteiger partial charge in [0.15, 0.2) is 0 Å². The van der Waals surface area contributed by atoms with Crippen LogP contribution in [0.1, 0.15) is 187 Å². The maximum atomic E-state index is 12.7. The number of aliphatic hydroxyl groups is 1. The first-order valence-corrected chi connectivity index (χ1v) is 20.8. The molecule has 3 unspecified atom stereocenters. The Labute approximate surface area is 284 Å². The van der Waals surface area contributed by atoms with Gasteiger partial charge in [-0.15, -0.1) is 0 Å². The van der Waals surface area contributed by atoms with Crippen LogP contribution in [0.5, 0.6) is 0 Å². The largest absolute Gasteiger partial charge is 0.472 e. The summed E-state index contributed by atoms with van der Waals surface area (Å²) in [5.74, 6) is -0.194. The number of aliphatic hydroxyl groups excluding tert-OH is 1. The van der Waals surface area contributed by atoms with Crippen LogP contribution in [-0.2, 0) is 18.4 Å². The number of carbonyl (C=O) groups excluding carboxylic acids is 1. The van der Waals surface area contributed by atoms with E-state index in [0.29, 0.717) is 6.42 Å². The minimum atomic E-state index is -4.33. The average Bonchev–Trinajstić information content (AvgIpc) is 3.04. The summed E-state index contributed by atoms with van der Waals surface area (Å²) in [6, 6.07) is -0.852. The van der Waals surface area contributed by atoms with Gasteiger partial charge in [-0.3, -0.25) is 13.8 Å². The third-order valence-electron chi connectivity index (χ3n) is 8.61. The molecule has 0 aliphatic carbocycles. The standard InChI is InChI=1S/C37H75N2O6P/c1-3-5-7-9-11-13-15-17-19-20-22-24-26-28-30-36(40)35(34-45-46(42,43)44-33-32-38)39-37(41)31-29-27-25-23-21-18-16-14-12-10-8-6-4-2/h28,30,35-36,40H,3-27,29,31-34,38H2,1-2H3,(H,39,41)(H,42,43)/b30-28+. The molecule has 0 fully saturated rings. The van der Waals surface area contributed by atoms with E-state index >= 15 is 0 Å². The van der Waals surface area contributed by atoms with Crippen molar-refractivity contribution in [2.24, 2.45) is 5.73 Å². The molecular weight excluding hydrogens is 599 g/mol. The van der Waals surface area contributed by atoms with Crippen LogP contribution in [0.4, 0.5) is 0 Å². The van der Waals surface area contributed by atoms with E-state index in [4.69, 9.17) is 14.8 Å². The van der Waals surface area contributed by atoms with E-state index in [0.717, 1.165) is 38.5 Å². The molecular formula is C37H75N2O6P. The number of nitrogens with two attached hydrogens (primary N) is 1. The van der Waals surface area contributed by atoms with E-state index in [1.807, 2.05) is 6.08 Å². The molecule has 0 rings (SSSR count). The van der Waals surface area contributed by atoms with Crippen LogP contribution in [0.3, 0.4) is 0 Å². The van der Waals surface area contributed by atoms with Crippen molar-refractivity contribution in [3.8, 4) is 0 Å². The number of carbonyl (C=O) groups is 1. The van der Waals surface area contributed by atoms with Gasteiger partial charge in [-0.05, 0) is 19.3 Å². The predicted molar refractivity (Wildman–Crippen MR) is 194 cm³/mol. The SMILES string of the molecule is CCCCCCCCCCCCCC/C=C/C(O)C(COP(=O)(O)OCCN)NC(=O)CCCCCCCCCCCCCCC. The van der Waals surface area contributed by atoms with Crippen molar-refractivity contribution in [1.29, 1.82) is 0 Å². The Morgan fingerprint density at radius 3 is 1.54 bits per heavy atom. The molecule has 0 radical (unpaired) electrons. The van der Waals surface area contributed by atoms with Gasteiger partial charge in [0.1, 0.15) is 0 Å². The lowest BCUT2D eigenvalue weighted by molar-refractivity contribution is -0.123. The number of phosphoric ester groups is 1. The van der Waals surface area contributed by atoms with Crippen molar-refractivity contribution in [3.05, 3.63) is 12.2 Å². The molecule has 3 atom stereocenters. The maximum Gasteiger partial charge on any atom is 0.472 e. The highest BCUT2D eigenvalue weighted by Crippen LogP contribution is 2.43. The number of hydrogen-bond acceptors (Lipinski definition) is 6. The molecule has 9 heteroatoms. The zero-order valence-electron chi connectivity index (χ0n) is 30.1. The summed E-state index contributed by atoms with van der Waals surface area (Å²) in [6.07, 6.45) is 35.3. The lowest BCUT2D eigenvalue weighted by atomic mass is 10.0. The number of phosphoric acid groups is 1. The van der Waals surface area contributed by atoms with Crippen molar-refractivity contribution in [3.63, 3.8) is 0 Å². The minimum Gasteiger partial charge on any atom is -0.387 e. The fraction of sp³-hybridized carbons (Fsp3) is 0.919. The van der Waals surface area contributed by atoms with Gasteiger partial charge in [-0.25, -0.2) is 4.57 Å². The first kappa shape index (κ1) is 45.2. The summed E-state index contributed by atoms with van der Waals surface area (Å²) in [5, 5.41) is 13.6. The molecule has 0 saturated carbocycles. The molecule has 5 N–H and O–H groups in total. The Morgan fingerprint density at radius 2 is 1.11 bits per heavy atom. The molecule has 0 aromatic carbocycles. The van der Waals surface area contributed by atoms with Crippen molar-refractivity contribution < 1.29 is 28.4 Å². The Balaban J connectivity index is 4.29. The fourth-order valence-electron chi connectivity index (χ4n) is 5.66. The van der Waals surface area contributed by atoms with Gasteiger partial charge < -0.3 is 21.1 Å². The summed E-state index contributed by atoms with van der Waals surface area (Å²) in [7, 11) is -4.33. The fourth-order valence-corrected chi connectivity index (χ4v) is 6.42. The second-order valence-electron chi connectivity index (χ2n) is 13.1. The topological polar surface area (TPSA) is 131 Å². The van der Waals surface area contributed by atoms with Crippen LogP contribution >= 0.6 is 7.82 Å². The number of unbranched alkanes of at least 4 members (excludes halogenated alkanes) is 24. The van der Waals surface area contributed by atoms with Gasteiger partial charge in [0.05, 0.1) is 25.4 Å². The molecule has 0 aromatic rings. The normalized spacial score (nSPS) is 14.5. The highest BCUT2D eigenvalue weighted by atomic mass is 31.2. The molecule has 0 aromatic heterocycles. The lowest BCUT2D eigenvalue weighted by Gasteiger charge is -2.23. The summed E-state index contributed by atoms with van der Waals surface area (Å²) >= 11 is 0. The van der Waals surface area contributed by atoms with Gasteiger partial charge in [-0.1, -0.05) is 174 Å². The second-order valence-corrected chi connectivity index (χ2v) is 14.6. The molecule has 274 valence electrons. The first-order valence-electron chi connectivity index (χ1n) is 19.3. The summed E-state index contributed by atoms with van der Waals surface area (Å²) < 4.78 is 22.0. The second kappa shape index (κ2) is 34.1. The number of hydrogen-bond donors (Lipinski definition) is 4. The van der Waals surface area contributed by atoms with Gasteiger partial charge in [-0.2, -0.15) is 0 Å². The number of amides is 1. The molecule has 0 spiro atoms. The third kappa shape index (κ3) is 31.8. The highest BCUT2D eigenvalue weighted by Gasteiger charge is 2.26. The molecule has 8 nitrogen and oxygen atoms in total. The van der Waals surface area contributed by atoms with E-state index in [1.165, 1.54) is 128 Å². The van der Waals surface area contributed by atoms with E-state index in [9.17, 15) is 19.4 Å². The van der Waals surface area contributed by atoms with Crippen LogP contribution in [0.15, 0.2) is 12.2 Å². The van der Waals surface area contributed by atoms with Crippen molar-refractivity contribution >= 4 is 13.7 Å². The summed E-state index contributed by atoms with van der Waals surface area (Å²) in [4.78, 5) is 22.6. The maximum absolute atomic E-state index is 12.7. The van der Waals surface area contributed by atoms with Crippen LogP contribution in [0.25, 0.3) is 0 Å². The minimum absolute atomic E-state index is 0.0810. The van der Waals surface area contributed by atoms with Gasteiger partial charge >= 0.3 is 7.82 Å². The third-order valence-corrected chi connectivity index (χ3v) is 9.60. The van der Waals surface area contributed by atoms with Crippen LogP contribution < -0.4 is 11.1 Å². The van der Waals surface area contributed by atoms with Gasteiger partial charge in [0, 0.05) is 13.0 Å². The summed E-state index contributed by atoms with van der Waals surface area (Å²) in [6.45, 7) is 4.13. The lowest BCUT2D eigenvalue weighted by Crippen LogP contribution is -2.45. The molecule has 0 aliphatic rings. The molecule has 0 saturated heterocycles. The number of allylic oxidation sites excluding steroid dienone is 1. The Morgan fingerprint density at radius 1 is 0.696 bits per heavy atom. The number of nitrogens with one attached hydrogen (secondary N) is 1. The number of rotatable bonds is 36. The first-order chi connectivity index (χ1) is 22.4. The Bertz CT molecular complexity index is 739. The van der Waals surface area contributed by atoms with E-state index in [1.54, 1.807) is 6.08 Å². The van der Waals surface area contributed by atoms with E-state index in [2.05, 4.69) is 19.2 Å². The predicted octanol–water partition coefficient (Wildman–Crippen LogP) is 10.1. The highest BCUT2D eigenvalue weighted by molar-refractivity contribution is 7.47. The van der Waals surface area contributed by atoms with Gasteiger partial charge in [0.2, 0.25) is 5.91 Å². The van der Waals surface area contributed by atoms with Crippen molar-refractivity contribution in [2.75, 3.05) is 19.8 Å². The van der Waals surface area contributed by atoms with E-state index < -0.39 is 20.0 Å². The molecule has 0 bridgehead atoms. The van der Waals surface area contributed by atoms with E-state index in [-0.39, 0.29) is 25.7 Å². The van der Waals surface area contributed by atoms with Gasteiger partial charge in [0.25, 0.3) is 0 Å². The monoisotopic (exact) mass is 675 g/mol. The Hall–Kier alpha value is -0.760. The molecule has 0 heterocycles. The van der Waals surface area contributed by atoms with Crippen LogP contribution in [0, 0.1) is 0 Å². The molecule has 46 heavy (non-hydrogen) atoms. The molecule has 1 amide bonds. The quantitative estimate of drug-likeness (QED) is 0.0295. The van der Waals surface area contributed by atoms with Crippen LogP contribution in [-0.4, -0.2) is 47.8 Å². The average molecular weight is 675 g/mol. The van der Waals surface area contributed by atoms with Crippen molar-refractivity contribution in [2.45, 2.75) is 199 Å². The molecule has 0 aliphatic heterocycles. The van der Waals surface area contributed by atoms with Crippen LogP contribution in [0.2, 0.25) is 0 Å². The summed E-state index contributed by atoms with van der Waals surface area (Å²) in [5.41, 5.74) is 5.35. The van der Waals surface area contributed by atoms with Crippen molar-refractivity contribution in [1.82, 2.24) is 5.32 Å². The zero-order valence-corrected chi connectivity index (χ0v) is 31.0. The smallest absolute Gasteiger partial charge is 0.387 e.